The maximum atomic E-state index is 13.3. The third kappa shape index (κ3) is 53.1. The number of aliphatic hydroxyl groups excluding tert-OH is 7. The van der Waals surface area contributed by atoms with Gasteiger partial charge in [0.15, 0.2) is 6.29 Å². The molecule has 1 heterocycles. The standard InChI is InChI=1S/C78H147NO10/c1-3-5-7-9-11-13-15-17-19-21-23-25-27-29-31-33-34-35-36-37-38-40-42-44-46-48-50-52-54-56-58-60-62-64-66-71(82)77(87)79-69(68-88-78-76(86)75(85)74(84)72(67-80)89-78)73(83)70(81)65-63-61-59-57-55-53-51-49-47-45-43-41-39-32-30-28-26-24-22-20-18-16-14-12-10-8-6-4-2/h33-34,41,43,49,51,57,59,69-76,78,80-86H,3-32,35-40,42,44-48,50,52-56,58,60-68H2,1-2H3,(H,79,87)/b34-33-,43-41+,51-49+,59-57+. The topological polar surface area (TPSA) is 189 Å². The van der Waals surface area contributed by atoms with Crippen LogP contribution in [0.4, 0.5) is 0 Å². The number of hydrogen-bond donors (Lipinski definition) is 8. The van der Waals surface area contributed by atoms with Crippen LogP contribution in [-0.4, -0.2) is 110 Å². The van der Waals surface area contributed by atoms with Gasteiger partial charge >= 0.3 is 0 Å². The van der Waals surface area contributed by atoms with Gasteiger partial charge in [-0.1, -0.05) is 332 Å². The highest BCUT2D eigenvalue weighted by molar-refractivity contribution is 5.80. The lowest BCUT2D eigenvalue weighted by atomic mass is 9.98. The molecule has 11 nitrogen and oxygen atoms in total. The molecule has 0 bridgehead atoms. The zero-order valence-corrected chi connectivity index (χ0v) is 58.2. The van der Waals surface area contributed by atoms with Gasteiger partial charge in [0.25, 0.3) is 0 Å². The smallest absolute Gasteiger partial charge is 0.249 e. The summed E-state index contributed by atoms with van der Waals surface area (Å²) in [5.74, 6) is -0.707. The average molecular weight is 1260 g/mol. The first-order chi connectivity index (χ1) is 43.7. The van der Waals surface area contributed by atoms with Gasteiger partial charge in [0.05, 0.1) is 25.4 Å². The van der Waals surface area contributed by atoms with E-state index in [4.69, 9.17) is 9.47 Å². The summed E-state index contributed by atoms with van der Waals surface area (Å²) in [5, 5.41) is 76.6. The van der Waals surface area contributed by atoms with E-state index in [0.717, 1.165) is 44.9 Å². The van der Waals surface area contributed by atoms with Crippen LogP contribution in [0, 0.1) is 0 Å². The first-order valence-electron chi connectivity index (χ1n) is 38.5. The van der Waals surface area contributed by atoms with Crippen molar-refractivity contribution in [3.63, 3.8) is 0 Å². The van der Waals surface area contributed by atoms with Gasteiger partial charge in [-0.25, -0.2) is 0 Å². The van der Waals surface area contributed by atoms with Gasteiger partial charge in [0, 0.05) is 0 Å². The molecule has 0 aliphatic carbocycles. The van der Waals surface area contributed by atoms with Crippen LogP contribution in [-0.2, 0) is 14.3 Å². The van der Waals surface area contributed by atoms with Crippen molar-refractivity contribution >= 4 is 5.91 Å². The predicted molar refractivity (Wildman–Crippen MR) is 376 cm³/mol. The second kappa shape index (κ2) is 66.1. The van der Waals surface area contributed by atoms with Gasteiger partial charge in [0.1, 0.15) is 36.6 Å². The van der Waals surface area contributed by atoms with Crippen LogP contribution in [0.25, 0.3) is 0 Å². The van der Waals surface area contributed by atoms with E-state index in [1.807, 2.05) is 0 Å². The summed E-state index contributed by atoms with van der Waals surface area (Å²) in [4.78, 5) is 13.3. The monoisotopic (exact) mass is 1260 g/mol. The molecule has 8 N–H and O–H groups in total. The number of ether oxygens (including phenoxy) is 2. The van der Waals surface area contributed by atoms with Crippen molar-refractivity contribution in [1.29, 1.82) is 0 Å². The minimum Gasteiger partial charge on any atom is -0.394 e. The minimum atomic E-state index is -1.68. The summed E-state index contributed by atoms with van der Waals surface area (Å²) in [7, 11) is 0. The molecule has 11 heteroatoms. The van der Waals surface area contributed by atoms with Gasteiger partial charge in [-0.2, -0.15) is 0 Å². The van der Waals surface area contributed by atoms with Crippen molar-refractivity contribution in [3.8, 4) is 0 Å². The minimum absolute atomic E-state index is 0.242. The fraction of sp³-hybridized carbons (Fsp3) is 0.885. The summed E-state index contributed by atoms with van der Waals surface area (Å²) in [6.45, 7) is 3.49. The van der Waals surface area contributed by atoms with Gasteiger partial charge in [0.2, 0.25) is 5.91 Å². The van der Waals surface area contributed by atoms with Crippen molar-refractivity contribution in [3.05, 3.63) is 48.6 Å². The second-order valence-corrected chi connectivity index (χ2v) is 27.0. The Morgan fingerprint density at radius 3 is 1.00 bits per heavy atom. The zero-order valence-electron chi connectivity index (χ0n) is 58.2. The molecule has 0 aromatic carbocycles. The van der Waals surface area contributed by atoms with Crippen molar-refractivity contribution in [2.45, 2.75) is 428 Å². The number of aliphatic hydroxyl groups is 7. The molecule has 0 aromatic heterocycles. The zero-order chi connectivity index (χ0) is 64.6. The average Bonchev–Trinajstić information content (AvgIpc) is 1.72. The van der Waals surface area contributed by atoms with Crippen LogP contribution in [0.15, 0.2) is 48.6 Å². The molecule has 0 aromatic rings. The van der Waals surface area contributed by atoms with Crippen molar-refractivity contribution < 1.29 is 50.0 Å². The molecule has 1 saturated heterocycles. The van der Waals surface area contributed by atoms with Gasteiger partial charge in [-0.15, -0.1) is 0 Å². The number of hydrogen-bond acceptors (Lipinski definition) is 10. The molecular weight excluding hydrogens is 1110 g/mol. The highest BCUT2D eigenvalue weighted by Crippen LogP contribution is 2.24. The van der Waals surface area contributed by atoms with E-state index in [9.17, 15) is 40.5 Å². The Bertz CT molecular complexity index is 1590. The largest absolute Gasteiger partial charge is 0.394 e. The Hall–Kier alpha value is -1.93. The van der Waals surface area contributed by atoms with E-state index in [-0.39, 0.29) is 12.8 Å². The molecule has 0 saturated carbocycles. The van der Waals surface area contributed by atoms with Crippen molar-refractivity contribution in [1.82, 2.24) is 5.32 Å². The van der Waals surface area contributed by atoms with E-state index in [0.29, 0.717) is 19.3 Å². The number of allylic oxidation sites excluding steroid dienone is 8. The number of nitrogens with one attached hydrogen (secondary N) is 1. The first-order valence-corrected chi connectivity index (χ1v) is 38.5. The number of carbonyl (C=O) groups is 1. The number of unbranched alkanes of at least 4 members (excludes halogenated alkanes) is 48. The molecule has 524 valence electrons. The lowest BCUT2D eigenvalue weighted by Gasteiger charge is -2.40. The third-order valence-electron chi connectivity index (χ3n) is 18.6. The maximum Gasteiger partial charge on any atom is 0.249 e. The Labute approximate surface area is 549 Å². The predicted octanol–water partition coefficient (Wildman–Crippen LogP) is 19.5. The molecule has 0 spiro atoms. The van der Waals surface area contributed by atoms with Crippen LogP contribution >= 0.6 is 0 Å². The highest BCUT2D eigenvalue weighted by Gasteiger charge is 2.44. The molecule has 0 radical (unpaired) electrons. The fourth-order valence-electron chi connectivity index (χ4n) is 12.4. The van der Waals surface area contributed by atoms with E-state index >= 15 is 0 Å². The SMILES string of the molecule is CCCCCCCCCCCCCCCC/C=C\CCCCCCCCCCCCCCCCCCC(O)C(=O)NC(COC1OC(CO)C(O)C(O)C1O)C(O)C(O)CCC/C=C/CC/C=C/CC/C=C/CCCCCCCCCCCCCCCCC. The Morgan fingerprint density at radius 2 is 0.674 bits per heavy atom. The maximum absolute atomic E-state index is 13.3. The van der Waals surface area contributed by atoms with E-state index in [2.05, 4.69) is 67.8 Å². The van der Waals surface area contributed by atoms with Crippen LogP contribution < -0.4 is 5.32 Å². The summed E-state index contributed by atoms with van der Waals surface area (Å²) >= 11 is 0. The molecule has 1 amide bonds. The fourth-order valence-corrected chi connectivity index (χ4v) is 12.4. The van der Waals surface area contributed by atoms with Crippen LogP contribution in [0.3, 0.4) is 0 Å². The van der Waals surface area contributed by atoms with Gasteiger partial charge in [-0.3, -0.25) is 4.79 Å². The quantitative estimate of drug-likeness (QED) is 0.0215. The Balaban J connectivity index is 2.18. The molecule has 9 unspecified atom stereocenters. The van der Waals surface area contributed by atoms with Gasteiger partial charge < -0.3 is 50.5 Å². The number of amides is 1. The highest BCUT2D eigenvalue weighted by atomic mass is 16.7. The molecule has 1 fully saturated rings. The lowest BCUT2D eigenvalue weighted by Crippen LogP contribution is -2.60. The van der Waals surface area contributed by atoms with E-state index in [1.54, 1.807) is 0 Å². The summed E-state index contributed by atoms with van der Waals surface area (Å²) in [5.41, 5.74) is 0. The lowest BCUT2D eigenvalue weighted by molar-refractivity contribution is -0.303. The van der Waals surface area contributed by atoms with E-state index < -0.39 is 74.2 Å². The van der Waals surface area contributed by atoms with E-state index in [1.165, 1.54) is 283 Å². The molecule has 1 aliphatic rings. The van der Waals surface area contributed by atoms with Crippen LogP contribution in [0.1, 0.15) is 373 Å². The molecule has 9 atom stereocenters. The first kappa shape index (κ1) is 85.1. The third-order valence-corrected chi connectivity index (χ3v) is 18.6. The summed E-state index contributed by atoms with van der Waals surface area (Å²) in [6.07, 6.45) is 76.5. The number of rotatable bonds is 68. The second-order valence-electron chi connectivity index (χ2n) is 27.0. The normalized spacial score (nSPS) is 18.8. The molecular formula is C78H147NO10. The summed E-state index contributed by atoms with van der Waals surface area (Å²) < 4.78 is 11.2. The van der Waals surface area contributed by atoms with Gasteiger partial charge in [-0.05, 0) is 89.9 Å². The Morgan fingerprint density at radius 1 is 0.382 bits per heavy atom. The van der Waals surface area contributed by atoms with Crippen LogP contribution in [0.5, 0.6) is 0 Å². The van der Waals surface area contributed by atoms with Crippen molar-refractivity contribution in [2.24, 2.45) is 0 Å². The Kier molecular flexibility index (Phi) is 63.2. The summed E-state index contributed by atoms with van der Waals surface area (Å²) in [6, 6.07) is -1.20. The number of carbonyl (C=O) groups excluding carboxylic acids is 1. The van der Waals surface area contributed by atoms with Crippen molar-refractivity contribution in [2.75, 3.05) is 13.2 Å². The molecule has 1 rings (SSSR count). The molecule has 89 heavy (non-hydrogen) atoms. The van der Waals surface area contributed by atoms with Crippen LogP contribution in [0.2, 0.25) is 0 Å². The molecule has 1 aliphatic heterocycles.